The van der Waals surface area contributed by atoms with Crippen LogP contribution in [0, 0.1) is 0 Å². The van der Waals surface area contributed by atoms with Crippen LogP contribution in [0.1, 0.15) is 62.4 Å². The molecule has 1 saturated carbocycles. The first-order valence-electron chi connectivity index (χ1n) is 10.5. The van der Waals surface area contributed by atoms with Crippen LogP contribution in [0.5, 0.6) is 0 Å². The lowest BCUT2D eigenvalue weighted by Crippen LogP contribution is -2.25. The van der Waals surface area contributed by atoms with Gasteiger partial charge < -0.3 is 14.4 Å². The summed E-state index contributed by atoms with van der Waals surface area (Å²) in [5.41, 5.74) is 3.26. The van der Waals surface area contributed by atoms with E-state index in [0.717, 1.165) is 22.4 Å². The van der Waals surface area contributed by atoms with Gasteiger partial charge >= 0.3 is 0 Å². The molecule has 0 bridgehead atoms. The van der Waals surface area contributed by atoms with E-state index in [1.165, 1.54) is 32.1 Å². The standard InChI is InChI=1S/C24H30N2O2.ClH/c1-18(19-10-4-2-5-11-19)28-17-21(27)16-26-23-15-9-8-14-22(23)25-24(26)20-12-6-3-7-13-20;/h2,4-5,8-11,14-15,18,20-21,27H,3,6-7,12-13,16-17H2,1H3;1H. The van der Waals surface area contributed by atoms with Crippen molar-refractivity contribution in [3.05, 3.63) is 66.0 Å². The highest BCUT2D eigenvalue weighted by Gasteiger charge is 2.23. The molecule has 1 aliphatic carbocycles. The highest BCUT2D eigenvalue weighted by atomic mass is 35.5. The number of para-hydroxylation sites is 2. The van der Waals surface area contributed by atoms with Crippen LogP contribution < -0.4 is 0 Å². The zero-order chi connectivity index (χ0) is 19.3. The molecule has 0 aliphatic heterocycles. The summed E-state index contributed by atoms with van der Waals surface area (Å²) in [7, 11) is 0. The number of hydrogen-bond acceptors (Lipinski definition) is 3. The third-order valence-electron chi connectivity index (χ3n) is 5.86. The Hall–Kier alpha value is -1.88. The van der Waals surface area contributed by atoms with E-state index >= 15 is 0 Å². The molecule has 2 aromatic carbocycles. The van der Waals surface area contributed by atoms with Gasteiger partial charge in [0.25, 0.3) is 0 Å². The second-order valence-electron chi connectivity index (χ2n) is 7.94. The van der Waals surface area contributed by atoms with Gasteiger partial charge in [0.05, 0.1) is 36.4 Å². The number of aliphatic hydroxyl groups is 1. The van der Waals surface area contributed by atoms with E-state index in [2.05, 4.69) is 28.8 Å². The molecule has 156 valence electrons. The minimum Gasteiger partial charge on any atom is -0.389 e. The van der Waals surface area contributed by atoms with Gasteiger partial charge in [0.15, 0.2) is 0 Å². The Labute approximate surface area is 179 Å². The van der Waals surface area contributed by atoms with Crippen molar-refractivity contribution in [2.45, 2.75) is 63.7 Å². The largest absolute Gasteiger partial charge is 0.389 e. The molecule has 1 aromatic heterocycles. The number of fused-ring (bicyclic) bond motifs is 1. The van der Waals surface area contributed by atoms with Crippen molar-refractivity contribution in [1.29, 1.82) is 0 Å². The normalized spacial score (nSPS) is 17.0. The van der Waals surface area contributed by atoms with Crippen LogP contribution in [0.15, 0.2) is 54.6 Å². The minimum atomic E-state index is -0.564. The highest BCUT2D eigenvalue weighted by molar-refractivity contribution is 5.85. The van der Waals surface area contributed by atoms with Crippen LogP contribution in [-0.4, -0.2) is 27.4 Å². The Morgan fingerprint density at radius 2 is 1.72 bits per heavy atom. The number of aromatic nitrogens is 2. The maximum Gasteiger partial charge on any atom is 0.113 e. The van der Waals surface area contributed by atoms with Gasteiger partial charge in [0.2, 0.25) is 0 Å². The molecular formula is C24H31ClN2O2. The van der Waals surface area contributed by atoms with Gasteiger partial charge in [-0.2, -0.15) is 0 Å². The number of nitrogens with zero attached hydrogens (tertiary/aromatic N) is 2. The molecular weight excluding hydrogens is 384 g/mol. The monoisotopic (exact) mass is 414 g/mol. The average molecular weight is 415 g/mol. The number of halogens is 1. The predicted molar refractivity (Wildman–Crippen MR) is 120 cm³/mol. The van der Waals surface area contributed by atoms with Crippen molar-refractivity contribution in [3.63, 3.8) is 0 Å². The molecule has 0 spiro atoms. The first kappa shape index (κ1) is 21.8. The molecule has 4 nitrogen and oxygen atoms in total. The molecule has 0 radical (unpaired) electrons. The quantitative estimate of drug-likeness (QED) is 0.543. The van der Waals surface area contributed by atoms with E-state index < -0.39 is 6.10 Å². The summed E-state index contributed by atoms with van der Waals surface area (Å²) in [5.74, 6) is 1.63. The molecule has 4 rings (SSSR count). The molecule has 2 unspecified atom stereocenters. The second kappa shape index (κ2) is 10.2. The third-order valence-corrected chi connectivity index (χ3v) is 5.86. The van der Waals surface area contributed by atoms with Crippen LogP contribution in [0.25, 0.3) is 11.0 Å². The molecule has 1 heterocycles. The summed E-state index contributed by atoms with van der Waals surface area (Å²) < 4.78 is 8.18. The zero-order valence-electron chi connectivity index (χ0n) is 17.0. The van der Waals surface area contributed by atoms with E-state index in [0.29, 0.717) is 19.1 Å². The lowest BCUT2D eigenvalue weighted by Gasteiger charge is -2.24. The van der Waals surface area contributed by atoms with Gasteiger partial charge in [0.1, 0.15) is 5.82 Å². The molecule has 29 heavy (non-hydrogen) atoms. The maximum atomic E-state index is 10.7. The Balaban J connectivity index is 0.00000240. The van der Waals surface area contributed by atoms with Gasteiger partial charge in [-0.25, -0.2) is 4.98 Å². The van der Waals surface area contributed by atoms with Gasteiger partial charge in [-0.15, -0.1) is 12.4 Å². The fraction of sp³-hybridized carbons (Fsp3) is 0.458. The number of imidazole rings is 1. The van der Waals surface area contributed by atoms with Crippen molar-refractivity contribution in [2.24, 2.45) is 0 Å². The van der Waals surface area contributed by atoms with Crippen LogP contribution in [0.2, 0.25) is 0 Å². The average Bonchev–Trinajstić information content (AvgIpc) is 3.12. The predicted octanol–water partition coefficient (Wildman–Crippen LogP) is 5.64. The molecule has 5 heteroatoms. The van der Waals surface area contributed by atoms with Crippen molar-refractivity contribution in [3.8, 4) is 0 Å². The molecule has 3 aromatic rings. The van der Waals surface area contributed by atoms with Gasteiger partial charge in [-0.05, 0) is 37.5 Å². The summed E-state index contributed by atoms with van der Waals surface area (Å²) in [6.07, 6.45) is 5.66. The maximum absolute atomic E-state index is 10.7. The Morgan fingerprint density at radius 1 is 1.03 bits per heavy atom. The SMILES string of the molecule is CC(OCC(O)Cn1c(C2CCCCC2)nc2ccccc21)c1ccccc1.Cl. The van der Waals surface area contributed by atoms with E-state index in [-0.39, 0.29) is 18.5 Å². The molecule has 1 fully saturated rings. The van der Waals surface area contributed by atoms with Crippen LogP contribution in [0.3, 0.4) is 0 Å². The van der Waals surface area contributed by atoms with Crippen molar-refractivity contribution >= 4 is 23.4 Å². The number of benzene rings is 2. The van der Waals surface area contributed by atoms with E-state index in [9.17, 15) is 5.11 Å². The minimum absolute atomic E-state index is 0. The lowest BCUT2D eigenvalue weighted by molar-refractivity contribution is -0.00872. The van der Waals surface area contributed by atoms with Crippen LogP contribution in [-0.2, 0) is 11.3 Å². The summed E-state index contributed by atoms with van der Waals surface area (Å²) >= 11 is 0. The summed E-state index contributed by atoms with van der Waals surface area (Å²) in [5, 5.41) is 10.7. The van der Waals surface area contributed by atoms with Gasteiger partial charge in [-0.1, -0.05) is 61.7 Å². The van der Waals surface area contributed by atoms with Crippen LogP contribution >= 0.6 is 12.4 Å². The van der Waals surface area contributed by atoms with E-state index in [4.69, 9.17) is 9.72 Å². The fourth-order valence-corrected chi connectivity index (χ4v) is 4.30. The Kier molecular flexibility index (Phi) is 7.70. The zero-order valence-corrected chi connectivity index (χ0v) is 17.9. The molecule has 0 saturated heterocycles. The molecule has 2 atom stereocenters. The Bertz CT molecular complexity index is 890. The van der Waals surface area contributed by atoms with Gasteiger partial charge in [-0.3, -0.25) is 0 Å². The van der Waals surface area contributed by atoms with Crippen molar-refractivity contribution < 1.29 is 9.84 Å². The van der Waals surface area contributed by atoms with Crippen molar-refractivity contribution in [2.75, 3.05) is 6.61 Å². The topological polar surface area (TPSA) is 47.3 Å². The van der Waals surface area contributed by atoms with E-state index in [1.807, 2.05) is 37.3 Å². The van der Waals surface area contributed by atoms with E-state index in [1.54, 1.807) is 0 Å². The molecule has 1 N–H and O–H groups in total. The number of rotatable bonds is 7. The highest BCUT2D eigenvalue weighted by Crippen LogP contribution is 2.34. The first-order valence-corrected chi connectivity index (χ1v) is 10.5. The number of ether oxygens (including phenoxy) is 1. The molecule has 1 aliphatic rings. The van der Waals surface area contributed by atoms with Gasteiger partial charge in [0, 0.05) is 5.92 Å². The Morgan fingerprint density at radius 3 is 2.48 bits per heavy atom. The smallest absolute Gasteiger partial charge is 0.113 e. The lowest BCUT2D eigenvalue weighted by atomic mass is 9.88. The third kappa shape index (κ3) is 5.19. The molecule has 0 amide bonds. The number of aliphatic hydroxyl groups excluding tert-OH is 1. The second-order valence-corrected chi connectivity index (χ2v) is 7.94. The summed E-state index contributed by atoms with van der Waals surface area (Å²) in [6, 6.07) is 18.4. The summed E-state index contributed by atoms with van der Waals surface area (Å²) in [4.78, 5) is 4.94. The van der Waals surface area contributed by atoms with Crippen molar-refractivity contribution in [1.82, 2.24) is 9.55 Å². The first-order chi connectivity index (χ1) is 13.7. The summed E-state index contributed by atoms with van der Waals surface area (Å²) in [6.45, 7) is 2.86. The number of hydrogen-bond donors (Lipinski definition) is 1. The fourth-order valence-electron chi connectivity index (χ4n) is 4.30. The van der Waals surface area contributed by atoms with Crippen LogP contribution in [0.4, 0.5) is 0 Å².